The largest absolute Gasteiger partial charge is 0.468 e. The first kappa shape index (κ1) is 15.4. The number of ether oxygens (including phenoxy) is 1. The highest BCUT2D eigenvalue weighted by molar-refractivity contribution is 5.75. The van der Waals surface area contributed by atoms with Crippen molar-refractivity contribution in [2.45, 2.75) is 45.6 Å². The summed E-state index contributed by atoms with van der Waals surface area (Å²) in [6, 6.07) is -0.197. The van der Waals surface area contributed by atoms with E-state index in [1.165, 1.54) is 7.11 Å². The molecule has 0 aliphatic heterocycles. The molecule has 0 saturated carbocycles. The normalized spacial score (nSPS) is 12.8. The minimum Gasteiger partial charge on any atom is -0.468 e. The van der Waals surface area contributed by atoms with Gasteiger partial charge in [-0.05, 0) is 19.4 Å². The lowest BCUT2D eigenvalue weighted by atomic mass is 10.1. The lowest BCUT2D eigenvalue weighted by Gasteiger charge is -2.28. The fourth-order valence-electron chi connectivity index (χ4n) is 1.82. The number of carbonyl (C=O) groups excluding carboxylic acids is 1. The third-order valence-electron chi connectivity index (χ3n) is 2.64. The van der Waals surface area contributed by atoms with Crippen LogP contribution in [0.5, 0.6) is 0 Å². The van der Waals surface area contributed by atoms with Gasteiger partial charge in [0, 0.05) is 6.54 Å². The van der Waals surface area contributed by atoms with Crippen LogP contribution in [0.3, 0.4) is 0 Å². The predicted molar refractivity (Wildman–Crippen MR) is 64.3 cm³/mol. The van der Waals surface area contributed by atoms with E-state index in [9.17, 15) is 4.79 Å². The van der Waals surface area contributed by atoms with Gasteiger partial charge in [-0.2, -0.15) is 0 Å². The van der Waals surface area contributed by atoms with Gasteiger partial charge < -0.3 is 9.84 Å². The SMILES string of the molecule is CCCCC(C(=O)OC)N(CCC)CCO. The number of methoxy groups -OCH3 is 1. The molecule has 0 rings (SSSR count). The van der Waals surface area contributed by atoms with E-state index in [1.54, 1.807) is 0 Å². The number of esters is 1. The lowest BCUT2D eigenvalue weighted by molar-refractivity contribution is -0.147. The maximum atomic E-state index is 11.7. The third kappa shape index (κ3) is 5.47. The fraction of sp³-hybridized carbons (Fsp3) is 0.917. The first-order valence-electron chi connectivity index (χ1n) is 6.13. The molecule has 4 nitrogen and oxygen atoms in total. The highest BCUT2D eigenvalue weighted by Crippen LogP contribution is 2.11. The number of aliphatic hydroxyl groups is 1. The van der Waals surface area contributed by atoms with Gasteiger partial charge in [-0.25, -0.2) is 0 Å². The highest BCUT2D eigenvalue weighted by atomic mass is 16.5. The molecule has 0 aromatic heterocycles. The molecule has 4 heteroatoms. The average molecular weight is 231 g/mol. The van der Waals surface area contributed by atoms with Gasteiger partial charge in [0.2, 0.25) is 0 Å². The van der Waals surface area contributed by atoms with Gasteiger partial charge in [0.05, 0.1) is 13.7 Å². The Morgan fingerprint density at radius 2 is 2.00 bits per heavy atom. The maximum Gasteiger partial charge on any atom is 0.323 e. The number of hydrogen-bond donors (Lipinski definition) is 1. The second kappa shape index (κ2) is 9.60. The minimum absolute atomic E-state index is 0.0830. The molecule has 0 aliphatic carbocycles. The summed E-state index contributed by atoms with van der Waals surface area (Å²) in [5.74, 6) is -0.185. The molecular weight excluding hydrogens is 206 g/mol. The van der Waals surface area contributed by atoms with Gasteiger partial charge in [0.25, 0.3) is 0 Å². The van der Waals surface area contributed by atoms with Crippen LogP contribution in [0.25, 0.3) is 0 Å². The van der Waals surface area contributed by atoms with E-state index in [0.717, 1.165) is 32.2 Å². The number of nitrogens with zero attached hydrogens (tertiary/aromatic N) is 1. The van der Waals surface area contributed by atoms with Crippen LogP contribution in [0.1, 0.15) is 39.5 Å². The van der Waals surface area contributed by atoms with E-state index in [-0.39, 0.29) is 18.6 Å². The Bertz CT molecular complexity index is 179. The van der Waals surface area contributed by atoms with Gasteiger partial charge in [0.15, 0.2) is 0 Å². The Labute approximate surface area is 98.6 Å². The van der Waals surface area contributed by atoms with Crippen LogP contribution in [0.4, 0.5) is 0 Å². The van der Waals surface area contributed by atoms with Gasteiger partial charge in [-0.15, -0.1) is 0 Å². The summed E-state index contributed by atoms with van der Waals surface area (Å²) in [6.45, 7) is 5.62. The third-order valence-corrected chi connectivity index (χ3v) is 2.64. The molecule has 1 unspecified atom stereocenters. The minimum atomic E-state index is -0.197. The number of hydrogen-bond acceptors (Lipinski definition) is 4. The Kier molecular flexibility index (Phi) is 9.24. The molecule has 0 radical (unpaired) electrons. The van der Waals surface area contributed by atoms with Crippen molar-refractivity contribution in [3.8, 4) is 0 Å². The lowest BCUT2D eigenvalue weighted by Crippen LogP contribution is -2.43. The first-order chi connectivity index (χ1) is 7.71. The Hall–Kier alpha value is -0.610. The molecular formula is C12H25NO3. The van der Waals surface area contributed by atoms with Crippen LogP contribution in [0.2, 0.25) is 0 Å². The maximum absolute atomic E-state index is 11.7. The van der Waals surface area contributed by atoms with E-state index in [1.807, 2.05) is 4.90 Å². The van der Waals surface area contributed by atoms with Gasteiger partial charge in [-0.1, -0.05) is 26.7 Å². The number of carbonyl (C=O) groups is 1. The van der Waals surface area contributed by atoms with Crippen molar-refractivity contribution in [1.29, 1.82) is 0 Å². The summed E-state index contributed by atoms with van der Waals surface area (Å²) in [5.41, 5.74) is 0. The number of aliphatic hydroxyl groups excluding tert-OH is 1. The second-order valence-electron chi connectivity index (χ2n) is 3.94. The molecule has 0 amide bonds. The molecule has 0 bridgehead atoms. The molecule has 0 aliphatic rings. The summed E-state index contributed by atoms with van der Waals surface area (Å²) in [7, 11) is 1.42. The zero-order valence-corrected chi connectivity index (χ0v) is 10.7. The first-order valence-corrected chi connectivity index (χ1v) is 6.13. The quantitative estimate of drug-likeness (QED) is 0.610. The Balaban J connectivity index is 4.45. The van der Waals surface area contributed by atoms with Crippen LogP contribution in [-0.2, 0) is 9.53 Å². The highest BCUT2D eigenvalue weighted by Gasteiger charge is 2.24. The molecule has 0 fully saturated rings. The number of unbranched alkanes of at least 4 members (excludes halogenated alkanes) is 1. The van der Waals surface area contributed by atoms with Crippen molar-refractivity contribution in [3.05, 3.63) is 0 Å². The Morgan fingerprint density at radius 1 is 1.31 bits per heavy atom. The second-order valence-corrected chi connectivity index (χ2v) is 3.94. The van der Waals surface area contributed by atoms with Crippen LogP contribution in [0.15, 0.2) is 0 Å². The van der Waals surface area contributed by atoms with Crippen molar-refractivity contribution in [3.63, 3.8) is 0 Å². The number of rotatable bonds is 9. The summed E-state index contributed by atoms with van der Waals surface area (Å²) in [6.07, 6.45) is 3.85. The molecule has 16 heavy (non-hydrogen) atoms. The molecule has 1 N–H and O–H groups in total. The monoisotopic (exact) mass is 231 g/mol. The zero-order valence-electron chi connectivity index (χ0n) is 10.7. The van der Waals surface area contributed by atoms with Crippen molar-refractivity contribution in [2.75, 3.05) is 26.8 Å². The smallest absolute Gasteiger partial charge is 0.323 e. The molecule has 0 spiro atoms. The zero-order chi connectivity index (χ0) is 12.4. The summed E-state index contributed by atoms with van der Waals surface area (Å²) >= 11 is 0. The van der Waals surface area contributed by atoms with Gasteiger partial charge in [-0.3, -0.25) is 9.69 Å². The molecule has 96 valence electrons. The predicted octanol–water partition coefficient (Wildman–Crippen LogP) is 1.42. The molecule has 0 aromatic carbocycles. The molecule has 1 atom stereocenters. The van der Waals surface area contributed by atoms with Crippen LogP contribution in [-0.4, -0.2) is 48.8 Å². The van der Waals surface area contributed by atoms with Crippen molar-refractivity contribution >= 4 is 5.97 Å². The van der Waals surface area contributed by atoms with Crippen LogP contribution >= 0.6 is 0 Å². The van der Waals surface area contributed by atoms with E-state index in [2.05, 4.69) is 13.8 Å². The van der Waals surface area contributed by atoms with Crippen molar-refractivity contribution in [1.82, 2.24) is 4.90 Å². The topological polar surface area (TPSA) is 49.8 Å². The van der Waals surface area contributed by atoms with Crippen molar-refractivity contribution < 1.29 is 14.6 Å². The molecule has 0 saturated heterocycles. The standard InChI is InChI=1S/C12H25NO3/c1-4-6-7-11(12(15)16-3)13(8-5-2)9-10-14/h11,14H,4-10H2,1-3H3. The summed E-state index contributed by atoms with van der Waals surface area (Å²) in [5, 5.41) is 9.00. The van der Waals surface area contributed by atoms with Crippen LogP contribution in [0, 0.1) is 0 Å². The summed E-state index contributed by atoms with van der Waals surface area (Å²) < 4.78 is 4.82. The van der Waals surface area contributed by atoms with E-state index < -0.39 is 0 Å². The molecule has 0 heterocycles. The Morgan fingerprint density at radius 3 is 2.44 bits per heavy atom. The molecule has 0 aromatic rings. The van der Waals surface area contributed by atoms with E-state index >= 15 is 0 Å². The summed E-state index contributed by atoms with van der Waals surface area (Å²) in [4.78, 5) is 13.7. The van der Waals surface area contributed by atoms with Crippen molar-refractivity contribution in [2.24, 2.45) is 0 Å². The van der Waals surface area contributed by atoms with Gasteiger partial charge in [0.1, 0.15) is 6.04 Å². The van der Waals surface area contributed by atoms with Gasteiger partial charge >= 0.3 is 5.97 Å². The average Bonchev–Trinajstić information content (AvgIpc) is 2.29. The van der Waals surface area contributed by atoms with E-state index in [4.69, 9.17) is 9.84 Å². The fourth-order valence-corrected chi connectivity index (χ4v) is 1.82. The van der Waals surface area contributed by atoms with E-state index in [0.29, 0.717) is 6.54 Å². The van der Waals surface area contributed by atoms with Crippen LogP contribution < -0.4 is 0 Å².